The van der Waals surface area contributed by atoms with E-state index in [1.54, 1.807) is 24.0 Å². The third-order valence-corrected chi connectivity index (χ3v) is 8.82. The number of nitrogens with zero attached hydrogens (tertiary/aromatic N) is 2. The number of hydrogen-bond acceptors (Lipinski definition) is 8. The summed E-state index contributed by atoms with van der Waals surface area (Å²) < 4.78 is 59.8. The van der Waals surface area contributed by atoms with Crippen molar-refractivity contribution in [2.24, 2.45) is 5.92 Å². The van der Waals surface area contributed by atoms with Gasteiger partial charge in [-0.3, -0.25) is 14.4 Å². The second-order valence-electron chi connectivity index (χ2n) is 10.7. The van der Waals surface area contributed by atoms with Crippen LogP contribution in [-0.2, 0) is 16.6 Å². The lowest BCUT2D eigenvalue weighted by Gasteiger charge is -2.38. The van der Waals surface area contributed by atoms with Crippen molar-refractivity contribution < 1.29 is 36.9 Å². The van der Waals surface area contributed by atoms with Gasteiger partial charge in [-0.25, -0.2) is 12.8 Å². The van der Waals surface area contributed by atoms with Gasteiger partial charge in [0.1, 0.15) is 11.9 Å². The third kappa shape index (κ3) is 6.30. The Morgan fingerprint density at radius 3 is 2.60 bits per heavy atom. The minimum Gasteiger partial charge on any atom is -0.486 e. The number of para-hydroxylation sites is 1. The topological polar surface area (TPSA) is 118 Å². The largest absolute Gasteiger partial charge is 0.486 e. The summed E-state index contributed by atoms with van der Waals surface area (Å²) in [4.78, 5) is 17.2. The first-order valence-corrected chi connectivity index (χ1v) is 15.1. The van der Waals surface area contributed by atoms with E-state index in [0.717, 1.165) is 29.8 Å². The maximum absolute atomic E-state index is 13.7. The standard InChI is InChI=1S/C30H34FN3O7S/c1-19-14-34(20(2)17-35)30(36)24-5-4-6-25(32-42(37,38)23-10-8-22(31)9-11-23)29(24)41-28(19)16-33(3)15-21-7-12-26-27(13-21)40-18-39-26/h4-13,19-20,28,32,35H,14-18H2,1-3H3/t19-,20-,28-/m0/s1. The fourth-order valence-electron chi connectivity index (χ4n) is 5.08. The lowest BCUT2D eigenvalue weighted by atomic mass is 9.99. The summed E-state index contributed by atoms with van der Waals surface area (Å²) in [6.07, 6.45) is -0.458. The molecular formula is C30H34FN3O7S. The Morgan fingerprint density at radius 2 is 1.86 bits per heavy atom. The van der Waals surface area contributed by atoms with Crippen LogP contribution in [0.25, 0.3) is 0 Å². The second kappa shape index (κ2) is 12.2. The Bertz CT molecular complexity index is 1550. The number of rotatable bonds is 9. The van der Waals surface area contributed by atoms with Gasteiger partial charge in [-0.1, -0.05) is 19.1 Å². The molecule has 2 N–H and O–H groups in total. The smallest absolute Gasteiger partial charge is 0.262 e. The second-order valence-corrected chi connectivity index (χ2v) is 12.4. The molecule has 2 aliphatic heterocycles. The Morgan fingerprint density at radius 1 is 1.12 bits per heavy atom. The van der Waals surface area contributed by atoms with Crippen molar-refractivity contribution in [3.05, 3.63) is 77.6 Å². The molecule has 2 heterocycles. The van der Waals surface area contributed by atoms with Gasteiger partial charge in [0, 0.05) is 25.6 Å². The molecule has 224 valence electrons. The molecule has 0 unspecified atom stereocenters. The first kappa shape index (κ1) is 29.6. The van der Waals surface area contributed by atoms with Gasteiger partial charge < -0.3 is 24.2 Å². The maximum Gasteiger partial charge on any atom is 0.262 e. The molecular weight excluding hydrogens is 565 g/mol. The maximum atomic E-state index is 13.7. The molecule has 5 rings (SSSR count). The summed E-state index contributed by atoms with van der Waals surface area (Å²) in [5, 5.41) is 9.93. The number of amides is 1. The van der Waals surface area contributed by atoms with E-state index in [-0.39, 0.29) is 47.1 Å². The number of ether oxygens (including phenoxy) is 3. The fraction of sp³-hybridized carbons (Fsp3) is 0.367. The van der Waals surface area contributed by atoms with Crippen molar-refractivity contribution in [2.75, 3.05) is 38.3 Å². The quantitative estimate of drug-likeness (QED) is 0.383. The van der Waals surface area contributed by atoms with Crippen molar-refractivity contribution in [3.63, 3.8) is 0 Å². The van der Waals surface area contributed by atoms with Gasteiger partial charge >= 0.3 is 0 Å². The molecule has 0 fully saturated rings. The van der Waals surface area contributed by atoms with E-state index >= 15 is 0 Å². The van der Waals surface area contributed by atoms with Gasteiger partial charge in [0.2, 0.25) is 6.79 Å². The number of anilines is 1. The van der Waals surface area contributed by atoms with Crippen LogP contribution < -0.4 is 18.9 Å². The third-order valence-electron chi connectivity index (χ3n) is 7.44. The molecule has 0 saturated heterocycles. The molecule has 1 amide bonds. The number of benzene rings is 3. The molecule has 0 spiro atoms. The van der Waals surface area contributed by atoms with Crippen molar-refractivity contribution >= 4 is 21.6 Å². The lowest BCUT2D eigenvalue weighted by Crippen LogP contribution is -2.49. The Hall–Kier alpha value is -3.87. The Labute approximate surface area is 244 Å². The van der Waals surface area contributed by atoms with Crippen LogP contribution in [0.2, 0.25) is 0 Å². The summed E-state index contributed by atoms with van der Waals surface area (Å²) >= 11 is 0. The van der Waals surface area contributed by atoms with Gasteiger partial charge in [-0.2, -0.15) is 0 Å². The van der Waals surface area contributed by atoms with Crippen LogP contribution in [0.3, 0.4) is 0 Å². The number of carbonyl (C=O) groups excluding carboxylic acids is 1. The normalized spacial score (nSPS) is 19.1. The van der Waals surface area contributed by atoms with Crippen LogP contribution in [0.1, 0.15) is 29.8 Å². The van der Waals surface area contributed by atoms with Gasteiger partial charge in [0.05, 0.1) is 28.8 Å². The molecule has 0 radical (unpaired) electrons. The number of aliphatic hydroxyl groups is 1. The molecule has 10 nitrogen and oxygen atoms in total. The van der Waals surface area contributed by atoms with Crippen LogP contribution >= 0.6 is 0 Å². The number of carbonyl (C=O) groups is 1. The molecule has 3 aromatic carbocycles. The number of halogens is 1. The number of fused-ring (bicyclic) bond motifs is 2. The van der Waals surface area contributed by atoms with E-state index in [2.05, 4.69) is 9.62 Å². The first-order valence-electron chi connectivity index (χ1n) is 13.6. The van der Waals surface area contributed by atoms with Crippen LogP contribution in [0, 0.1) is 11.7 Å². The number of sulfonamides is 1. The molecule has 3 atom stereocenters. The van der Waals surface area contributed by atoms with E-state index in [4.69, 9.17) is 14.2 Å². The van der Waals surface area contributed by atoms with Crippen LogP contribution in [0.15, 0.2) is 65.6 Å². The zero-order valence-corrected chi connectivity index (χ0v) is 24.4. The highest BCUT2D eigenvalue weighted by molar-refractivity contribution is 7.92. The summed E-state index contributed by atoms with van der Waals surface area (Å²) in [5.74, 6) is 0.360. The van der Waals surface area contributed by atoms with E-state index in [1.807, 2.05) is 32.2 Å². The minimum absolute atomic E-state index is 0.0827. The van der Waals surface area contributed by atoms with E-state index in [9.17, 15) is 22.7 Å². The highest BCUT2D eigenvalue weighted by Crippen LogP contribution is 2.37. The van der Waals surface area contributed by atoms with Gasteiger partial charge in [0.25, 0.3) is 15.9 Å². The molecule has 0 aromatic heterocycles. The SMILES string of the molecule is C[C@H]1CN([C@@H](C)CO)C(=O)c2cccc(NS(=O)(=O)c3ccc(F)cc3)c2O[C@H]1CN(C)Cc1ccc2c(c1)OCO2. The number of hydrogen-bond donors (Lipinski definition) is 2. The van der Waals surface area contributed by atoms with Crippen LogP contribution in [0.5, 0.6) is 17.2 Å². The predicted molar refractivity (Wildman–Crippen MR) is 154 cm³/mol. The molecule has 2 aliphatic rings. The monoisotopic (exact) mass is 599 g/mol. The number of likely N-dealkylation sites (N-methyl/N-ethyl adjacent to an activating group) is 1. The van der Waals surface area contributed by atoms with E-state index in [0.29, 0.717) is 31.1 Å². The molecule has 0 bridgehead atoms. The first-order chi connectivity index (χ1) is 20.1. The zero-order valence-electron chi connectivity index (χ0n) is 23.6. The average molecular weight is 600 g/mol. The van der Waals surface area contributed by atoms with Crippen molar-refractivity contribution in [1.82, 2.24) is 9.80 Å². The zero-order chi connectivity index (χ0) is 30.0. The summed E-state index contributed by atoms with van der Waals surface area (Å²) in [6, 6.07) is 14.4. The van der Waals surface area contributed by atoms with E-state index in [1.165, 1.54) is 6.07 Å². The molecule has 3 aromatic rings. The average Bonchev–Trinajstić information content (AvgIpc) is 3.43. The Kier molecular flexibility index (Phi) is 8.58. The summed E-state index contributed by atoms with van der Waals surface area (Å²) in [5.41, 5.74) is 1.27. The highest BCUT2D eigenvalue weighted by atomic mass is 32.2. The van der Waals surface area contributed by atoms with E-state index < -0.39 is 28.0 Å². The van der Waals surface area contributed by atoms with Crippen molar-refractivity contribution in [2.45, 2.75) is 37.4 Å². The summed E-state index contributed by atoms with van der Waals surface area (Å²) in [7, 11) is -2.18. The molecule has 42 heavy (non-hydrogen) atoms. The van der Waals surface area contributed by atoms with Crippen molar-refractivity contribution in [1.29, 1.82) is 0 Å². The Balaban J connectivity index is 1.46. The van der Waals surface area contributed by atoms with Crippen molar-refractivity contribution in [3.8, 4) is 17.2 Å². The fourth-order valence-corrected chi connectivity index (χ4v) is 6.14. The summed E-state index contributed by atoms with van der Waals surface area (Å²) in [6.45, 7) is 5.02. The minimum atomic E-state index is -4.13. The predicted octanol–water partition coefficient (Wildman–Crippen LogP) is 3.71. The molecule has 0 aliphatic carbocycles. The van der Waals surface area contributed by atoms with Gasteiger partial charge in [-0.15, -0.1) is 0 Å². The van der Waals surface area contributed by atoms with Gasteiger partial charge in [-0.05, 0) is 68.1 Å². The van der Waals surface area contributed by atoms with Crippen LogP contribution in [-0.4, -0.2) is 74.9 Å². The lowest BCUT2D eigenvalue weighted by molar-refractivity contribution is 0.0344. The number of nitrogens with one attached hydrogen (secondary N) is 1. The van der Waals surface area contributed by atoms with Crippen LogP contribution in [0.4, 0.5) is 10.1 Å². The molecule has 0 saturated carbocycles. The highest BCUT2D eigenvalue weighted by Gasteiger charge is 2.35. The molecule has 12 heteroatoms. The van der Waals surface area contributed by atoms with Gasteiger partial charge in [0.15, 0.2) is 17.2 Å². The number of aliphatic hydroxyl groups excluding tert-OH is 1.